The minimum atomic E-state index is -0.180. The lowest BCUT2D eigenvalue weighted by molar-refractivity contribution is 0.101. The minimum Gasteiger partial charge on any atom is -0.345 e. The van der Waals surface area contributed by atoms with E-state index in [1.807, 2.05) is 36.5 Å². The summed E-state index contributed by atoms with van der Waals surface area (Å²) in [6.07, 6.45) is 5.34. The fourth-order valence-corrected chi connectivity index (χ4v) is 3.31. The number of aryl methyl sites for hydroxylation is 1. The lowest BCUT2D eigenvalue weighted by Gasteiger charge is -2.07. The van der Waals surface area contributed by atoms with Crippen LogP contribution in [0.5, 0.6) is 0 Å². The molecule has 2 aromatic heterocycles. The topological polar surface area (TPSA) is 46.9 Å². The van der Waals surface area contributed by atoms with Crippen LogP contribution in [0, 0.1) is 0 Å². The summed E-state index contributed by atoms with van der Waals surface area (Å²) in [4.78, 5) is 17.5. The largest absolute Gasteiger partial charge is 0.345 e. The van der Waals surface area contributed by atoms with Gasteiger partial charge in [0.2, 0.25) is 0 Å². The summed E-state index contributed by atoms with van der Waals surface area (Å²) in [6, 6.07) is 13.4. The molecule has 2 heterocycles. The number of nitrogens with one attached hydrogen (secondary N) is 1. The van der Waals surface area contributed by atoms with Gasteiger partial charge in [-0.3, -0.25) is 9.78 Å². The van der Waals surface area contributed by atoms with E-state index in [0.717, 1.165) is 16.3 Å². The van der Waals surface area contributed by atoms with Crippen LogP contribution < -0.4 is 5.32 Å². The van der Waals surface area contributed by atoms with Gasteiger partial charge < -0.3 is 9.88 Å². The Balaban J connectivity index is 1.60. The van der Waals surface area contributed by atoms with Crippen molar-refractivity contribution < 1.29 is 4.79 Å². The minimum absolute atomic E-state index is 0.180. The molecule has 0 fully saturated rings. The molecule has 6 heteroatoms. The summed E-state index contributed by atoms with van der Waals surface area (Å²) in [5, 5.41) is 3.42. The Labute approximate surface area is 149 Å². The van der Waals surface area contributed by atoms with Crippen molar-refractivity contribution in [1.82, 2.24) is 9.55 Å². The molecule has 1 amide bonds. The first kappa shape index (κ1) is 16.6. The van der Waals surface area contributed by atoms with Crippen LogP contribution in [0.2, 0.25) is 5.02 Å². The van der Waals surface area contributed by atoms with E-state index in [0.29, 0.717) is 10.7 Å². The predicted octanol–water partition coefficient (Wildman–Crippen LogP) is 4.62. The van der Waals surface area contributed by atoms with Crippen LogP contribution in [0.3, 0.4) is 0 Å². The Morgan fingerprint density at radius 1 is 1.29 bits per heavy atom. The SMILES string of the molecule is Cn1cc(Cl)cc1C(=O)Nc1ccc(SCc2cccnc2)cc1. The number of carbonyl (C=O) groups is 1. The molecular weight excluding hydrogens is 342 g/mol. The Hall–Kier alpha value is -2.24. The van der Waals surface area contributed by atoms with E-state index in [1.54, 1.807) is 41.8 Å². The summed E-state index contributed by atoms with van der Waals surface area (Å²) in [5.41, 5.74) is 2.46. The van der Waals surface area contributed by atoms with E-state index in [9.17, 15) is 4.79 Å². The van der Waals surface area contributed by atoms with E-state index >= 15 is 0 Å². The molecule has 0 aliphatic rings. The highest BCUT2D eigenvalue weighted by Crippen LogP contribution is 2.24. The zero-order valence-electron chi connectivity index (χ0n) is 13.1. The van der Waals surface area contributed by atoms with Crippen LogP contribution in [-0.4, -0.2) is 15.5 Å². The van der Waals surface area contributed by atoms with Crippen molar-refractivity contribution >= 4 is 35.0 Å². The average molecular weight is 358 g/mol. The van der Waals surface area contributed by atoms with Crippen molar-refractivity contribution in [3.8, 4) is 0 Å². The van der Waals surface area contributed by atoms with Gasteiger partial charge in [-0.1, -0.05) is 17.7 Å². The second-order valence-electron chi connectivity index (χ2n) is 5.28. The van der Waals surface area contributed by atoms with Gasteiger partial charge in [0.1, 0.15) is 5.69 Å². The molecule has 0 saturated heterocycles. The molecule has 0 unspecified atom stereocenters. The maximum Gasteiger partial charge on any atom is 0.272 e. The van der Waals surface area contributed by atoms with Gasteiger partial charge in [-0.05, 0) is 42.0 Å². The number of anilines is 1. The first-order chi connectivity index (χ1) is 11.6. The second kappa shape index (κ2) is 7.55. The Kier molecular flexibility index (Phi) is 5.23. The van der Waals surface area contributed by atoms with Crippen LogP contribution in [0.1, 0.15) is 16.1 Å². The van der Waals surface area contributed by atoms with E-state index < -0.39 is 0 Å². The molecule has 4 nitrogen and oxygen atoms in total. The molecule has 3 rings (SSSR count). The third kappa shape index (κ3) is 4.19. The Morgan fingerprint density at radius 3 is 2.71 bits per heavy atom. The van der Waals surface area contributed by atoms with Crippen LogP contribution in [0.15, 0.2) is 66.0 Å². The summed E-state index contributed by atoms with van der Waals surface area (Å²) >= 11 is 7.64. The number of halogens is 1. The number of benzene rings is 1. The Bertz CT molecular complexity index is 831. The smallest absolute Gasteiger partial charge is 0.272 e. The zero-order chi connectivity index (χ0) is 16.9. The number of pyridine rings is 1. The van der Waals surface area contributed by atoms with Crippen molar-refractivity contribution in [2.24, 2.45) is 7.05 Å². The van der Waals surface area contributed by atoms with Gasteiger partial charge in [-0.2, -0.15) is 0 Å². The van der Waals surface area contributed by atoms with Gasteiger partial charge in [-0.25, -0.2) is 0 Å². The van der Waals surface area contributed by atoms with Crippen molar-refractivity contribution in [3.05, 3.63) is 77.3 Å². The lowest BCUT2D eigenvalue weighted by Crippen LogP contribution is -2.15. The van der Waals surface area contributed by atoms with Gasteiger partial charge in [-0.15, -0.1) is 11.8 Å². The number of amides is 1. The van der Waals surface area contributed by atoms with E-state index in [4.69, 9.17) is 11.6 Å². The van der Waals surface area contributed by atoms with Gasteiger partial charge in [0.15, 0.2) is 0 Å². The van der Waals surface area contributed by atoms with Crippen molar-refractivity contribution in [1.29, 1.82) is 0 Å². The number of aromatic nitrogens is 2. The fourth-order valence-electron chi connectivity index (χ4n) is 2.23. The second-order valence-corrected chi connectivity index (χ2v) is 6.77. The molecule has 1 N–H and O–H groups in total. The third-order valence-corrected chi connectivity index (χ3v) is 4.73. The van der Waals surface area contributed by atoms with Crippen molar-refractivity contribution in [3.63, 3.8) is 0 Å². The maximum atomic E-state index is 12.2. The normalized spacial score (nSPS) is 10.6. The standard InChI is InChI=1S/C18H16ClN3OS/c1-22-11-14(19)9-17(22)18(23)21-15-4-6-16(7-5-15)24-12-13-3-2-8-20-10-13/h2-11H,12H2,1H3,(H,21,23). The highest BCUT2D eigenvalue weighted by atomic mass is 35.5. The third-order valence-electron chi connectivity index (χ3n) is 3.44. The van der Waals surface area contributed by atoms with Crippen LogP contribution in [0.4, 0.5) is 5.69 Å². The molecule has 24 heavy (non-hydrogen) atoms. The maximum absolute atomic E-state index is 12.2. The first-order valence-corrected chi connectivity index (χ1v) is 8.73. The first-order valence-electron chi connectivity index (χ1n) is 7.37. The zero-order valence-corrected chi connectivity index (χ0v) is 14.6. The predicted molar refractivity (Wildman–Crippen MR) is 98.6 cm³/mol. The number of thioether (sulfide) groups is 1. The quantitative estimate of drug-likeness (QED) is 0.678. The molecule has 1 aromatic carbocycles. The monoisotopic (exact) mass is 357 g/mol. The molecule has 0 atom stereocenters. The summed E-state index contributed by atoms with van der Waals surface area (Å²) in [5.74, 6) is 0.682. The molecule has 3 aromatic rings. The number of carbonyl (C=O) groups excluding carboxylic acids is 1. The number of nitrogens with zero attached hydrogens (tertiary/aromatic N) is 2. The number of hydrogen-bond acceptors (Lipinski definition) is 3. The molecule has 0 spiro atoms. The molecule has 0 radical (unpaired) electrons. The van der Waals surface area contributed by atoms with Crippen LogP contribution in [-0.2, 0) is 12.8 Å². The van der Waals surface area contributed by atoms with E-state index in [1.165, 1.54) is 5.56 Å². The molecular formula is C18H16ClN3OS. The summed E-state index contributed by atoms with van der Waals surface area (Å²) < 4.78 is 1.70. The Morgan fingerprint density at radius 2 is 2.08 bits per heavy atom. The molecule has 0 bridgehead atoms. The number of rotatable bonds is 5. The summed E-state index contributed by atoms with van der Waals surface area (Å²) in [6.45, 7) is 0. The average Bonchev–Trinajstić information content (AvgIpc) is 2.94. The van der Waals surface area contributed by atoms with Crippen LogP contribution in [0.25, 0.3) is 0 Å². The number of hydrogen-bond donors (Lipinski definition) is 1. The van der Waals surface area contributed by atoms with Crippen LogP contribution >= 0.6 is 23.4 Å². The molecule has 0 aliphatic heterocycles. The molecule has 122 valence electrons. The van der Waals surface area contributed by atoms with E-state index in [-0.39, 0.29) is 5.91 Å². The molecule has 0 aliphatic carbocycles. The molecule has 0 saturated carbocycles. The van der Waals surface area contributed by atoms with E-state index in [2.05, 4.69) is 16.4 Å². The van der Waals surface area contributed by atoms with Gasteiger partial charge in [0.05, 0.1) is 5.02 Å². The van der Waals surface area contributed by atoms with Gasteiger partial charge in [0.25, 0.3) is 5.91 Å². The van der Waals surface area contributed by atoms with Crippen molar-refractivity contribution in [2.75, 3.05) is 5.32 Å². The van der Waals surface area contributed by atoms with Gasteiger partial charge in [0, 0.05) is 42.0 Å². The summed E-state index contributed by atoms with van der Waals surface area (Å²) in [7, 11) is 1.79. The fraction of sp³-hybridized carbons (Fsp3) is 0.111. The highest BCUT2D eigenvalue weighted by molar-refractivity contribution is 7.98. The van der Waals surface area contributed by atoms with Crippen molar-refractivity contribution in [2.45, 2.75) is 10.6 Å². The van der Waals surface area contributed by atoms with Gasteiger partial charge >= 0.3 is 0 Å². The highest BCUT2D eigenvalue weighted by Gasteiger charge is 2.11. The lowest BCUT2D eigenvalue weighted by atomic mass is 10.3.